The maximum Gasteiger partial charge on any atom is 0.246 e. The number of fused-ring (bicyclic) bond motifs is 3. The minimum atomic E-state index is -3.06. The van der Waals surface area contributed by atoms with Gasteiger partial charge >= 0.3 is 0 Å². The topological polar surface area (TPSA) is 121 Å². The van der Waals surface area contributed by atoms with Gasteiger partial charge in [-0.2, -0.15) is 4.98 Å². The molecule has 1 aromatic carbocycles. The van der Waals surface area contributed by atoms with Crippen LogP contribution in [0.5, 0.6) is 0 Å². The molecule has 44 heavy (non-hydrogen) atoms. The largest absolute Gasteiger partial charge is 0.376 e. The lowest BCUT2D eigenvalue weighted by atomic mass is 9.89. The predicted molar refractivity (Wildman–Crippen MR) is 171 cm³/mol. The van der Waals surface area contributed by atoms with Crippen molar-refractivity contribution in [3.8, 4) is 0 Å². The van der Waals surface area contributed by atoms with E-state index in [0.717, 1.165) is 54.3 Å². The molecule has 0 spiro atoms. The fourth-order valence-electron chi connectivity index (χ4n) is 7.44. The minimum absolute atomic E-state index is 0.0673. The number of sulfone groups is 1. The van der Waals surface area contributed by atoms with Gasteiger partial charge in [0, 0.05) is 61.3 Å². The summed E-state index contributed by atoms with van der Waals surface area (Å²) >= 11 is 0. The zero-order valence-electron chi connectivity index (χ0n) is 25.2. The van der Waals surface area contributed by atoms with E-state index < -0.39 is 9.84 Å². The van der Waals surface area contributed by atoms with Crippen molar-refractivity contribution in [2.75, 3.05) is 53.4 Å². The summed E-state index contributed by atoms with van der Waals surface area (Å²) in [5.74, 6) is 2.19. The molecule has 11 nitrogen and oxygen atoms in total. The molecule has 0 unspecified atom stereocenters. The van der Waals surface area contributed by atoms with Gasteiger partial charge in [-0.05, 0) is 67.8 Å². The molecule has 5 atom stereocenters. The van der Waals surface area contributed by atoms with Crippen molar-refractivity contribution in [2.24, 2.45) is 5.92 Å². The number of ether oxygens (including phenoxy) is 1. The zero-order chi connectivity index (χ0) is 30.6. The number of likely N-dealkylation sites (tertiary alicyclic amines) is 1. The molecule has 4 aliphatic heterocycles. The van der Waals surface area contributed by atoms with Gasteiger partial charge in [0.1, 0.15) is 21.5 Å². The minimum Gasteiger partial charge on any atom is -0.376 e. The van der Waals surface area contributed by atoms with Crippen LogP contribution < -0.4 is 15.1 Å². The lowest BCUT2D eigenvalue weighted by molar-refractivity contribution is -0.126. The van der Waals surface area contributed by atoms with Crippen molar-refractivity contribution in [1.29, 1.82) is 0 Å². The van der Waals surface area contributed by atoms with Crippen LogP contribution in [0.1, 0.15) is 44.2 Å². The lowest BCUT2D eigenvalue weighted by Crippen LogP contribution is -2.57. The highest BCUT2D eigenvalue weighted by Crippen LogP contribution is 2.42. The molecule has 0 saturated carbocycles. The number of carbonyl (C=O) groups is 1. The molecular weight excluding hydrogens is 578 g/mol. The monoisotopic (exact) mass is 617 g/mol. The SMILES string of the molecule is C=CC(=O)N1CCC[C@@H]1c1ccc(N2C[C@H](CS(C)(=O)=O)[C@H]2C)c2cnc(Nc3ccnc(N4CC[C@H]5C[C@@H]4CO5)n3)cc12. The van der Waals surface area contributed by atoms with E-state index in [1.165, 1.54) is 12.3 Å². The molecule has 4 saturated heterocycles. The molecule has 0 radical (unpaired) electrons. The number of piperidine rings is 1. The summed E-state index contributed by atoms with van der Waals surface area (Å²) in [5.41, 5.74) is 2.08. The smallest absolute Gasteiger partial charge is 0.246 e. The summed E-state index contributed by atoms with van der Waals surface area (Å²) in [4.78, 5) is 33.4. The van der Waals surface area contributed by atoms with Crippen LogP contribution in [0.3, 0.4) is 0 Å². The number of amides is 1. The third kappa shape index (κ3) is 5.38. The van der Waals surface area contributed by atoms with Crippen LogP contribution in [0.15, 0.2) is 49.3 Å². The van der Waals surface area contributed by atoms with Crippen molar-refractivity contribution in [2.45, 2.75) is 56.8 Å². The first-order chi connectivity index (χ1) is 21.2. The van der Waals surface area contributed by atoms with Crippen molar-refractivity contribution in [1.82, 2.24) is 19.9 Å². The number of rotatable bonds is 8. The first-order valence-corrected chi connectivity index (χ1v) is 17.5. The average Bonchev–Trinajstić information content (AvgIpc) is 3.65. The number of aromatic nitrogens is 3. The molecule has 232 valence electrons. The van der Waals surface area contributed by atoms with Crippen molar-refractivity contribution in [3.05, 3.63) is 54.9 Å². The molecule has 1 N–H and O–H groups in total. The van der Waals surface area contributed by atoms with Crippen molar-refractivity contribution < 1.29 is 17.9 Å². The number of anilines is 4. The molecule has 1 amide bonds. The summed E-state index contributed by atoms with van der Waals surface area (Å²) in [6.45, 7) is 8.75. The Morgan fingerprint density at radius 3 is 2.80 bits per heavy atom. The quantitative estimate of drug-likeness (QED) is 0.373. The molecule has 2 aromatic heterocycles. The molecule has 0 aliphatic carbocycles. The van der Waals surface area contributed by atoms with Crippen LogP contribution in [0.4, 0.5) is 23.3 Å². The molecule has 4 aliphatic rings. The number of pyridine rings is 1. The van der Waals surface area contributed by atoms with Gasteiger partial charge < -0.3 is 24.8 Å². The van der Waals surface area contributed by atoms with Gasteiger partial charge in [0.05, 0.1) is 30.5 Å². The van der Waals surface area contributed by atoms with Crippen LogP contribution in [0, 0.1) is 5.92 Å². The second-order valence-corrected chi connectivity index (χ2v) is 14.8. The van der Waals surface area contributed by atoms with Crippen molar-refractivity contribution in [3.63, 3.8) is 0 Å². The normalized spacial score (nSPS) is 26.6. The first kappa shape index (κ1) is 29.0. The molecule has 7 rings (SSSR count). The van der Waals surface area contributed by atoms with E-state index in [4.69, 9.17) is 14.7 Å². The number of nitrogens with one attached hydrogen (secondary N) is 1. The van der Waals surface area contributed by atoms with E-state index in [0.29, 0.717) is 49.4 Å². The number of hydrogen-bond donors (Lipinski definition) is 1. The van der Waals surface area contributed by atoms with E-state index in [2.05, 4.69) is 45.7 Å². The highest BCUT2D eigenvalue weighted by Gasteiger charge is 2.39. The molecule has 3 aromatic rings. The average molecular weight is 618 g/mol. The van der Waals surface area contributed by atoms with E-state index in [9.17, 15) is 13.2 Å². The summed E-state index contributed by atoms with van der Waals surface area (Å²) in [6.07, 6.45) is 10.5. The van der Waals surface area contributed by atoms with Gasteiger partial charge in [-0.3, -0.25) is 4.79 Å². The van der Waals surface area contributed by atoms with Crippen LogP contribution in [-0.4, -0.2) is 90.6 Å². The fraction of sp³-hybridized carbons (Fsp3) is 0.500. The maximum atomic E-state index is 12.8. The maximum absolute atomic E-state index is 12.8. The Kier molecular flexibility index (Phi) is 7.44. The lowest BCUT2D eigenvalue weighted by Gasteiger charge is -2.48. The number of nitrogens with zero attached hydrogens (tertiary/aromatic N) is 6. The van der Waals surface area contributed by atoms with Crippen LogP contribution in [0.2, 0.25) is 0 Å². The number of hydrogen-bond acceptors (Lipinski definition) is 10. The standard InChI is InChI=1S/C32H39N7O4S/c1-4-31(40)38-12-5-6-27(38)24-7-8-28(39-17-21(20(39)2)19-44(3,41)42)26-16-34-30(15-25(24)26)35-29-9-11-33-32(36-29)37-13-10-23-14-22(37)18-43-23/h4,7-9,11,15-16,20-23,27H,1,5-6,10,12-14,17-19H2,2-3H3,(H,33,34,35,36)/t20-,21-,22-,23+,27-/m1/s1. The first-order valence-electron chi connectivity index (χ1n) is 15.5. The predicted octanol–water partition coefficient (Wildman–Crippen LogP) is 3.85. The Hall–Kier alpha value is -3.77. The number of carbonyl (C=O) groups excluding carboxylic acids is 1. The summed E-state index contributed by atoms with van der Waals surface area (Å²) in [5, 5.41) is 5.38. The van der Waals surface area contributed by atoms with Gasteiger partial charge in [0.2, 0.25) is 11.9 Å². The van der Waals surface area contributed by atoms with Gasteiger partial charge in [-0.25, -0.2) is 18.4 Å². The Morgan fingerprint density at radius 2 is 2.00 bits per heavy atom. The second-order valence-electron chi connectivity index (χ2n) is 12.6. The Bertz CT molecular complexity index is 1720. The second kappa shape index (κ2) is 11.3. The van der Waals surface area contributed by atoms with Crippen molar-refractivity contribution >= 4 is 49.8 Å². The third-order valence-corrected chi connectivity index (χ3v) is 10.8. The van der Waals surface area contributed by atoms with E-state index >= 15 is 0 Å². The van der Waals surface area contributed by atoms with E-state index in [1.54, 1.807) is 6.20 Å². The Balaban J connectivity index is 1.23. The van der Waals surface area contributed by atoms with Gasteiger partial charge in [-0.1, -0.05) is 12.6 Å². The Morgan fingerprint density at radius 1 is 1.14 bits per heavy atom. The molecule has 2 bridgehead atoms. The number of benzene rings is 1. The highest BCUT2D eigenvalue weighted by molar-refractivity contribution is 7.90. The molecule has 12 heteroatoms. The summed E-state index contributed by atoms with van der Waals surface area (Å²) in [7, 11) is -3.06. The Labute approximate surface area is 258 Å². The van der Waals surface area contributed by atoms with Gasteiger partial charge in [0.15, 0.2) is 0 Å². The zero-order valence-corrected chi connectivity index (χ0v) is 26.0. The van der Waals surface area contributed by atoms with E-state index in [-0.39, 0.29) is 29.7 Å². The van der Waals surface area contributed by atoms with Crippen LogP contribution in [-0.2, 0) is 19.4 Å². The fourth-order valence-corrected chi connectivity index (χ4v) is 8.60. The molecule has 6 heterocycles. The molecule has 4 fully saturated rings. The summed E-state index contributed by atoms with van der Waals surface area (Å²) in [6, 6.07) is 8.42. The molecular formula is C32H39N7O4S. The van der Waals surface area contributed by atoms with Crippen LogP contribution in [0.25, 0.3) is 10.8 Å². The van der Waals surface area contributed by atoms with E-state index in [1.807, 2.05) is 23.2 Å². The highest BCUT2D eigenvalue weighted by atomic mass is 32.2. The van der Waals surface area contributed by atoms with Gasteiger partial charge in [-0.15, -0.1) is 0 Å². The summed E-state index contributed by atoms with van der Waals surface area (Å²) < 4.78 is 29.8. The third-order valence-electron chi connectivity index (χ3n) is 9.76. The van der Waals surface area contributed by atoms with Gasteiger partial charge in [0.25, 0.3) is 0 Å². The van der Waals surface area contributed by atoms with Crippen LogP contribution >= 0.6 is 0 Å².